The molecule has 0 saturated carbocycles. The largest absolute Gasteiger partial charge is 0.466 e. The Bertz CT molecular complexity index is 749. The number of hydrogen-bond acceptors (Lipinski definition) is 7. The minimum Gasteiger partial charge on any atom is -0.466 e. The highest BCUT2D eigenvalue weighted by Gasteiger charge is 2.10. The Labute approximate surface area is 135 Å². The van der Waals surface area contributed by atoms with Gasteiger partial charge in [-0.2, -0.15) is 0 Å². The number of thioether (sulfide) groups is 1. The zero-order chi connectivity index (χ0) is 15.4. The summed E-state index contributed by atoms with van der Waals surface area (Å²) in [5.41, 5.74) is 2.39. The molecule has 0 aliphatic rings. The predicted octanol–water partition coefficient (Wildman–Crippen LogP) is 3.68. The Morgan fingerprint density at radius 3 is 3.05 bits per heavy atom. The molecule has 0 aliphatic carbocycles. The lowest BCUT2D eigenvalue weighted by atomic mass is 10.3. The predicted molar refractivity (Wildman–Crippen MR) is 86.0 cm³/mol. The van der Waals surface area contributed by atoms with Crippen LogP contribution in [0.15, 0.2) is 38.4 Å². The van der Waals surface area contributed by atoms with E-state index in [1.165, 1.54) is 11.3 Å². The van der Waals surface area contributed by atoms with Crippen molar-refractivity contribution in [2.45, 2.75) is 23.4 Å². The molecule has 0 amide bonds. The van der Waals surface area contributed by atoms with Crippen molar-refractivity contribution in [2.75, 3.05) is 6.61 Å². The lowest BCUT2D eigenvalue weighted by molar-refractivity contribution is -0.142. The lowest BCUT2D eigenvalue weighted by Gasteiger charge is -1.98. The van der Waals surface area contributed by atoms with Crippen LogP contribution in [-0.2, 0) is 21.7 Å². The summed E-state index contributed by atoms with van der Waals surface area (Å²) in [5.74, 6) is 1.04. The second kappa shape index (κ2) is 6.93. The van der Waals surface area contributed by atoms with Crippen LogP contribution in [0.5, 0.6) is 0 Å². The number of aromatic nitrogens is 2. The van der Waals surface area contributed by atoms with E-state index in [-0.39, 0.29) is 12.4 Å². The van der Waals surface area contributed by atoms with Gasteiger partial charge in [-0.25, -0.2) is 9.97 Å². The first kappa shape index (κ1) is 15.1. The van der Waals surface area contributed by atoms with E-state index in [0.29, 0.717) is 18.3 Å². The van der Waals surface area contributed by atoms with Crippen molar-refractivity contribution in [3.63, 3.8) is 0 Å². The summed E-state index contributed by atoms with van der Waals surface area (Å²) in [7, 11) is 0. The van der Waals surface area contributed by atoms with E-state index in [0.717, 1.165) is 21.1 Å². The van der Waals surface area contributed by atoms with E-state index >= 15 is 0 Å². The summed E-state index contributed by atoms with van der Waals surface area (Å²) in [6.45, 7) is 2.18. The molecule has 0 N–H and O–H groups in total. The Morgan fingerprint density at radius 1 is 1.36 bits per heavy atom. The van der Waals surface area contributed by atoms with Crippen molar-refractivity contribution >= 4 is 40.2 Å². The van der Waals surface area contributed by atoms with Crippen LogP contribution in [0.4, 0.5) is 0 Å². The molecule has 2 aromatic heterocycles. The number of ether oxygens (including phenoxy) is 1. The van der Waals surface area contributed by atoms with Crippen LogP contribution in [0, 0.1) is 0 Å². The van der Waals surface area contributed by atoms with Gasteiger partial charge in [-0.1, -0.05) is 23.9 Å². The Hall–Kier alpha value is -1.86. The number of para-hydroxylation sites is 2. The molecule has 2 heterocycles. The zero-order valence-electron chi connectivity index (χ0n) is 11.9. The number of carbonyl (C=O) groups excluding carboxylic acids is 1. The fraction of sp³-hybridized carbons (Fsp3) is 0.267. The summed E-state index contributed by atoms with van der Waals surface area (Å²) in [6.07, 6.45) is 0.216. The van der Waals surface area contributed by atoms with Gasteiger partial charge in [0.2, 0.25) is 5.89 Å². The molecule has 114 valence electrons. The number of fused-ring (bicyclic) bond motifs is 1. The normalized spacial score (nSPS) is 11.0. The Balaban J connectivity index is 1.59. The van der Waals surface area contributed by atoms with Gasteiger partial charge in [-0.15, -0.1) is 11.3 Å². The highest BCUT2D eigenvalue weighted by atomic mass is 32.2. The molecule has 0 unspecified atom stereocenters. The van der Waals surface area contributed by atoms with Crippen molar-refractivity contribution in [1.29, 1.82) is 0 Å². The number of rotatable bonds is 6. The SMILES string of the molecule is CCOC(=O)Cc1csc(SCc2nc3ccccc3o2)n1. The van der Waals surface area contributed by atoms with Gasteiger partial charge in [0.25, 0.3) is 0 Å². The van der Waals surface area contributed by atoms with Crippen LogP contribution in [-0.4, -0.2) is 22.5 Å². The Morgan fingerprint density at radius 2 is 2.23 bits per heavy atom. The maximum Gasteiger partial charge on any atom is 0.311 e. The zero-order valence-corrected chi connectivity index (χ0v) is 13.6. The molecule has 22 heavy (non-hydrogen) atoms. The van der Waals surface area contributed by atoms with E-state index in [9.17, 15) is 4.79 Å². The van der Waals surface area contributed by atoms with Gasteiger partial charge in [-0.05, 0) is 19.1 Å². The third-order valence-corrected chi connectivity index (χ3v) is 4.87. The van der Waals surface area contributed by atoms with Gasteiger partial charge in [0.15, 0.2) is 9.92 Å². The maximum absolute atomic E-state index is 11.4. The van der Waals surface area contributed by atoms with Crippen LogP contribution in [0.1, 0.15) is 18.5 Å². The number of thiazole rings is 1. The van der Waals surface area contributed by atoms with Gasteiger partial charge in [0.1, 0.15) is 5.52 Å². The Kier molecular flexibility index (Phi) is 4.74. The second-order valence-corrected chi connectivity index (χ2v) is 6.53. The number of esters is 1. The molecule has 7 heteroatoms. The summed E-state index contributed by atoms with van der Waals surface area (Å²) in [5, 5.41) is 1.88. The molecule has 3 aromatic rings. The first-order valence-electron chi connectivity index (χ1n) is 6.82. The first-order chi connectivity index (χ1) is 10.7. The molecule has 0 fully saturated rings. The molecule has 0 aliphatic heterocycles. The molecule has 0 bridgehead atoms. The van der Waals surface area contributed by atoms with Crippen LogP contribution in [0.3, 0.4) is 0 Å². The molecule has 3 rings (SSSR count). The third-order valence-electron chi connectivity index (χ3n) is 2.82. The second-order valence-electron chi connectivity index (χ2n) is 4.45. The van der Waals surface area contributed by atoms with Crippen molar-refractivity contribution < 1.29 is 13.9 Å². The minimum absolute atomic E-state index is 0.216. The van der Waals surface area contributed by atoms with E-state index in [2.05, 4.69) is 9.97 Å². The van der Waals surface area contributed by atoms with E-state index in [1.807, 2.05) is 29.6 Å². The topological polar surface area (TPSA) is 65.2 Å². The van der Waals surface area contributed by atoms with Crippen molar-refractivity contribution in [3.05, 3.63) is 41.2 Å². The van der Waals surface area contributed by atoms with Gasteiger partial charge in [0, 0.05) is 5.38 Å². The summed E-state index contributed by atoms with van der Waals surface area (Å²) in [4.78, 5) is 20.2. The number of carbonyl (C=O) groups is 1. The average Bonchev–Trinajstić information content (AvgIpc) is 3.11. The van der Waals surface area contributed by atoms with Gasteiger partial charge in [-0.3, -0.25) is 4.79 Å². The number of benzene rings is 1. The molecule has 0 saturated heterocycles. The lowest BCUT2D eigenvalue weighted by Crippen LogP contribution is -2.07. The standard InChI is InChI=1S/C15H14N2O3S2/c1-2-19-14(18)7-10-8-21-15(16-10)22-9-13-17-11-5-3-4-6-12(11)20-13/h3-6,8H,2,7,9H2,1H3. The number of oxazole rings is 1. The average molecular weight is 334 g/mol. The molecule has 5 nitrogen and oxygen atoms in total. The van der Waals surface area contributed by atoms with Gasteiger partial charge in [0.05, 0.1) is 24.5 Å². The highest BCUT2D eigenvalue weighted by molar-refractivity contribution is 8.00. The molecule has 0 radical (unpaired) electrons. The van der Waals surface area contributed by atoms with Crippen LogP contribution < -0.4 is 0 Å². The van der Waals surface area contributed by atoms with Gasteiger partial charge >= 0.3 is 5.97 Å². The minimum atomic E-state index is -0.247. The first-order valence-corrected chi connectivity index (χ1v) is 8.68. The summed E-state index contributed by atoms with van der Waals surface area (Å²) in [6, 6.07) is 7.68. The smallest absolute Gasteiger partial charge is 0.311 e. The van der Waals surface area contributed by atoms with Gasteiger partial charge < -0.3 is 9.15 Å². The van der Waals surface area contributed by atoms with Crippen molar-refractivity contribution in [2.24, 2.45) is 0 Å². The number of hydrogen-bond donors (Lipinski definition) is 0. The van der Waals surface area contributed by atoms with Crippen LogP contribution in [0.2, 0.25) is 0 Å². The summed E-state index contributed by atoms with van der Waals surface area (Å²) >= 11 is 3.06. The fourth-order valence-corrected chi connectivity index (χ4v) is 3.59. The van der Waals surface area contributed by atoms with E-state index in [1.54, 1.807) is 18.7 Å². The maximum atomic E-state index is 11.4. The van der Waals surface area contributed by atoms with E-state index in [4.69, 9.17) is 9.15 Å². The third kappa shape index (κ3) is 3.66. The molecule has 1 aromatic carbocycles. The fourth-order valence-electron chi connectivity index (χ4n) is 1.90. The van der Waals surface area contributed by atoms with Crippen molar-refractivity contribution in [1.82, 2.24) is 9.97 Å². The highest BCUT2D eigenvalue weighted by Crippen LogP contribution is 2.27. The van der Waals surface area contributed by atoms with E-state index < -0.39 is 0 Å². The quantitative estimate of drug-likeness (QED) is 0.506. The van der Waals surface area contributed by atoms with Crippen LogP contribution in [0.25, 0.3) is 11.1 Å². The van der Waals surface area contributed by atoms with Crippen LogP contribution >= 0.6 is 23.1 Å². The monoisotopic (exact) mass is 334 g/mol. The number of nitrogens with zero attached hydrogens (tertiary/aromatic N) is 2. The molecular formula is C15H14N2O3S2. The summed E-state index contributed by atoms with van der Waals surface area (Å²) < 4.78 is 11.5. The van der Waals surface area contributed by atoms with Crippen molar-refractivity contribution in [3.8, 4) is 0 Å². The molecule has 0 spiro atoms. The molecular weight excluding hydrogens is 320 g/mol. The molecule has 0 atom stereocenters.